The van der Waals surface area contributed by atoms with E-state index >= 15 is 0 Å². The predicted octanol–water partition coefficient (Wildman–Crippen LogP) is 2.37. The number of rotatable bonds is 2. The minimum absolute atomic E-state index is 0.149. The molecule has 0 unspecified atom stereocenters. The Hall–Kier alpha value is -1.80. The summed E-state index contributed by atoms with van der Waals surface area (Å²) in [6.45, 7) is 0.149. The average molecular weight is 225 g/mol. The van der Waals surface area contributed by atoms with Crippen molar-refractivity contribution in [2.45, 2.75) is 12.8 Å². The lowest BCUT2D eigenvalue weighted by atomic mass is 9.99. The van der Waals surface area contributed by atoms with Crippen LogP contribution in [0.1, 0.15) is 16.7 Å². The van der Waals surface area contributed by atoms with Crippen LogP contribution in [0.5, 0.6) is 0 Å². The van der Waals surface area contributed by atoms with Crippen molar-refractivity contribution in [1.82, 2.24) is 0 Å². The molecule has 0 fully saturated rings. The van der Waals surface area contributed by atoms with Crippen LogP contribution in [-0.2, 0) is 12.8 Å². The quantitative estimate of drug-likeness (QED) is 0.658. The van der Waals surface area contributed by atoms with Crippen LogP contribution < -0.4 is 5.73 Å². The van der Waals surface area contributed by atoms with Crippen LogP contribution in [0.15, 0.2) is 36.4 Å². The van der Waals surface area contributed by atoms with Crippen LogP contribution in [0.3, 0.4) is 0 Å². The van der Waals surface area contributed by atoms with E-state index in [2.05, 4.69) is 30.3 Å². The molecule has 0 bridgehead atoms. The summed E-state index contributed by atoms with van der Waals surface area (Å²) < 4.78 is 0. The molecule has 3 N–H and O–H groups in total. The van der Waals surface area contributed by atoms with E-state index in [9.17, 15) is 0 Å². The second-order valence-electron chi connectivity index (χ2n) is 4.47. The summed E-state index contributed by atoms with van der Waals surface area (Å²) in [5.74, 6) is 0. The lowest BCUT2D eigenvalue weighted by molar-refractivity contribution is 0.300. The van der Waals surface area contributed by atoms with Crippen molar-refractivity contribution in [1.29, 1.82) is 0 Å². The van der Waals surface area contributed by atoms with Gasteiger partial charge in [-0.2, -0.15) is 0 Å². The van der Waals surface area contributed by atoms with Crippen LogP contribution in [0, 0.1) is 0 Å². The van der Waals surface area contributed by atoms with Gasteiger partial charge in [0.1, 0.15) is 0 Å². The Kier molecular flexibility index (Phi) is 2.37. The molecule has 0 saturated heterocycles. The summed E-state index contributed by atoms with van der Waals surface area (Å²) in [4.78, 5) is 0. The molecule has 0 amide bonds. The molecule has 3 rings (SSSR count). The normalized spacial score (nSPS) is 12.3. The minimum atomic E-state index is 0.149. The average Bonchev–Trinajstić information content (AvgIpc) is 2.73. The van der Waals surface area contributed by atoms with Gasteiger partial charge < -0.3 is 10.8 Å². The van der Waals surface area contributed by atoms with Gasteiger partial charge in [-0.1, -0.05) is 36.4 Å². The number of hydrogen-bond acceptors (Lipinski definition) is 2. The van der Waals surface area contributed by atoms with Crippen molar-refractivity contribution >= 4 is 5.69 Å². The molecule has 0 radical (unpaired) electrons. The maximum atomic E-state index is 9.01. The minimum Gasteiger partial charge on any atom is -0.398 e. The van der Waals surface area contributed by atoms with Gasteiger partial charge in [-0.25, -0.2) is 0 Å². The maximum absolute atomic E-state index is 9.01. The largest absolute Gasteiger partial charge is 0.398 e. The van der Waals surface area contributed by atoms with Gasteiger partial charge in [-0.15, -0.1) is 0 Å². The number of aliphatic hydroxyl groups excluding tert-OH is 1. The standard InChI is InChI=1S/C15H15NO/c16-15-10(7-8-17)5-6-13-12-4-2-1-3-11(12)9-14(13)15/h1-6,17H,7-9,16H2. The first-order valence-electron chi connectivity index (χ1n) is 5.90. The lowest BCUT2D eigenvalue weighted by Gasteiger charge is -2.09. The zero-order valence-corrected chi connectivity index (χ0v) is 9.61. The van der Waals surface area contributed by atoms with E-state index < -0.39 is 0 Å². The van der Waals surface area contributed by atoms with Gasteiger partial charge in [0, 0.05) is 18.7 Å². The van der Waals surface area contributed by atoms with E-state index in [1.807, 2.05) is 6.07 Å². The summed E-state index contributed by atoms with van der Waals surface area (Å²) in [6, 6.07) is 12.6. The van der Waals surface area contributed by atoms with Crippen LogP contribution in [0.4, 0.5) is 5.69 Å². The molecule has 0 aliphatic heterocycles. The molecule has 0 heterocycles. The molecule has 0 atom stereocenters. The number of nitrogens with two attached hydrogens (primary N) is 1. The zero-order valence-electron chi connectivity index (χ0n) is 9.61. The third-order valence-electron chi connectivity index (χ3n) is 3.50. The highest BCUT2D eigenvalue weighted by Gasteiger charge is 2.20. The predicted molar refractivity (Wildman–Crippen MR) is 69.9 cm³/mol. The molecule has 2 aromatic carbocycles. The molecule has 1 aliphatic rings. The van der Waals surface area contributed by atoms with Crippen molar-refractivity contribution in [3.05, 3.63) is 53.1 Å². The molecule has 2 heteroatoms. The summed E-state index contributed by atoms with van der Waals surface area (Å²) in [5.41, 5.74) is 13.2. The summed E-state index contributed by atoms with van der Waals surface area (Å²) in [5, 5.41) is 9.01. The first-order valence-corrected chi connectivity index (χ1v) is 5.90. The molecule has 0 spiro atoms. The highest BCUT2D eigenvalue weighted by Crippen LogP contribution is 2.40. The van der Waals surface area contributed by atoms with Gasteiger partial charge >= 0.3 is 0 Å². The number of benzene rings is 2. The van der Waals surface area contributed by atoms with Gasteiger partial charge in [0.05, 0.1) is 0 Å². The fourth-order valence-corrected chi connectivity index (χ4v) is 2.62. The van der Waals surface area contributed by atoms with Crippen LogP contribution in [0.2, 0.25) is 0 Å². The molecule has 0 aromatic heterocycles. The molecular weight excluding hydrogens is 210 g/mol. The van der Waals surface area contributed by atoms with Crippen molar-refractivity contribution in [2.75, 3.05) is 12.3 Å². The third kappa shape index (κ3) is 1.53. The van der Waals surface area contributed by atoms with E-state index in [1.165, 1.54) is 22.3 Å². The molecule has 0 saturated carbocycles. The SMILES string of the molecule is Nc1c(CCO)ccc2c1Cc1ccccc1-2. The monoisotopic (exact) mass is 225 g/mol. The Labute approximate surface area is 101 Å². The molecular formula is C15H15NO. The number of fused-ring (bicyclic) bond motifs is 3. The Bertz CT molecular complexity index is 575. The highest BCUT2D eigenvalue weighted by molar-refractivity contribution is 5.82. The second kappa shape index (κ2) is 3.90. The Balaban J connectivity index is 2.15. The maximum Gasteiger partial charge on any atom is 0.0472 e. The molecule has 86 valence electrons. The van der Waals surface area contributed by atoms with Crippen LogP contribution in [0.25, 0.3) is 11.1 Å². The van der Waals surface area contributed by atoms with E-state index in [0.29, 0.717) is 6.42 Å². The van der Waals surface area contributed by atoms with E-state index in [0.717, 1.165) is 17.7 Å². The zero-order chi connectivity index (χ0) is 11.8. The molecule has 17 heavy (non-hydrogen) atoms. The lowest BCUT2D eigenvalue weighted by Crippen LogP contribution is -2.01. The number of nitrogen functional groups attached to an aromatic ring is 1. The smallest absolute Gasteiger partial charge is 0.0472 e. The number of anilines is 1. The van der Waals surface area contributed by atoms with Crippen LogP contribution in [-0.4, -0.2) is 11.7 Å². The summed E-state index contributed by atoms with van der Waals surface area (Å²) in [6.07, 6.45) is 1.55. The third-order valence-corrected chi connectivity index (χ3v) is 3.50. The van der Waals surface area contributed by atoms with Gasteiger partial charge in [-0.05, 0) is 34.2 Å². The van der Waals surface area contributed by atoms with E-state index in [4.69, 9.17) is 10.8 Å². The Morgan fingerprint density at radius 1 is 1.06 bits per heavy atom. The number of hydrogen-bond donors (Lipinski definition) is 2. The van der Waals surface area contributed by atoms with Gasteiger partial charge in [0.2, 0.25) is 0 Å². The first-order chi connectivity index (χ1) is 8.31. The van der Waals surface area contributed by atoms with Gasteiger partial charge in [0.25, 0.3) is 0 Å². The van der Waals surface area contributed by atoms with Crippen molar-refractivity contribution in [2.24, 2.45) is 0 Å². The second-order valence-corrected chi connectivity index (χ2v) is 4.47. The fraction of sp³-hybridized carbons (Fsp3) is 0.200. The molecule has 1 aliphatic carbocycles. The first kappa shape index (κ1) is 10.4. The van der Waals surface area contributed by atoms with Crippen LogP contribution >= 0.6 is 0 Å². The van der Waals surface area contributed by atoms with E-state index in [-0.39, 0.29) is 6.61 Å². The molecule has 2 aromatic rings. The summed E-state index contributed by atoms with van der Waals surface area (Å²) >= 11 is 0. The van der Waals surface area contributed by atoms with E-state index in [1.54, 1.807) is 0 Å². The van der Waals surface area contributed by atoms with Crippen molar-refractivity contribution in [3.63, 3.8) is 0 Å². The van der Waals surface area contributed by atoms with Gasteiger partial charge in [0.15, 0.2) is 0 Å². The van der Waals surface area contributed by atoms with Crippen molar-refractivity contribution < 1.29 is 5.11 Å². The van der Waals surface area contributed by atoms with Gasteiger partial charge in [-0.3, -0.25) is 0 Å². The highest BCUT2D eigenvalue weighted by atomic mass is 16.2. The summed E-state index contributed by atoms with van der Waals surface area (Å²) in [7, 11) is 0. The fourth-order valence-electron chi connectivity index (χ4n) is 2.62. The molecule has 2 nitrogen and oxygen atoms in total. The topological polar surface area (TPSA) is 46.2 Å². The Morgan fingerprint density at radius 3 is 2.71 bits per heavy atom. The Morgan fingerprint density at radius 2 is 1.88 bits per heavy atom. The van der Waals surface area contributed by atoms with Crippen molar-refractivity contribution in [3.8, 4) is 11.1 Å². The number of aliphatic hydroxyl groups is 1.